The lowest BCUT2D eigenvalue weighted by molar-refractivity contribution is 0.669. The quantitative estimate of drug-likeness (QED) is 0.149. The van der Waals surface area contributed by atoms with Crippen LogP contribution in [0.4, 0.5) is 5.69 Å². The summed E-state index contributed by atoms with van der Waals surface area (Å²) in [4.78, 5) is 4.68. The van der Waals surface area contributed by atoms with Crippen molar-refractivity contribution >= 4 is 134 Å². The highest BCUT2D eigenvalue weighted by molar-refractivity contribution is 7.27. The summed E-state index contributed by atoms with van der Waals surface area (Å²) in [6.45, 7) is 9.62. The molecule has 18 rings (SSSR count). The van der Waals surface area contributed by atoms with Crippen LogP contribution >= 0.6 is 22.7 Å². The molecular weight excluding hydrogens is 1100 g/mol. The molecule has 13 aromatic carbocycles. The largest absolute Gasteiger partial charge is 0.456 e. The van der Waals surface area contributed by atoms with Crippen LogP contribution in [0.3, 0.4) is 0 Å². The molecule has 0 aliphatic carbocycles. The van der Waals surface area contributed by atoms with Crippen molar-refractivity contribution in [1.29, 1.82) is 5.26 Å². The van der Waals surface area contributed by atoms with Crippen molar-refractivity contribution in [3.8, 4) is 73.1 Å². The highest BCUT2D eigenvalue weighted by Gasteiger charge is 2.33. The van der Waals surface area contributed by atoms with Crippen LogP contribution in [-0.2, 0) is 0 Å². The molecular formula is C80H44N4OS2. The van der Waals surface area contributed by atoms with Gasteiger partial charge in [0.15, 0.2) is 0 Å². The molecule has 402 valence electrons. The first-order valence-corrected chi connectivity index (χ1v) is 30.7. The summed E-state index contributed by atoms with van der Waals surface area (Å²) in [5.41, 5.74) is 17.6. The van der Waals surface area contributed by atoms with Crippen LogP contribution in [0.2, 0.25) is 0 Å². The van der Waals surface area contributed by atoms with Gasteiger partial charge >= 0.3 is 0 Å². The van der Waals surface area contributed by atoms with Gasteiger partial charge in [0.25, 0.3) is 0 Å². The Hall–Kier alpha value is -11.3. The van der Waals surface area contributed by atoms with Crippen LogP contribution in [0.25, 0.3) is 178 Å². The Bertz CT molecular complexity index is 5840. The molecule has 5 nitrogen and oxygen atoms in total. The zero-order valence-corrected chi connectivity index (χ0v) is 48.1. The summed E-state index contributed by atoms with van der Waals surface area (Å²) in [7, 11) is 0. The lowest BCUT2D eigenvalue weighted by Crippen LogP contribution is -2.09. The fraction of sp³-hybridized carbons (Fsp3) is 0. The summed E-state index contributed by atoms with van der Waals surface area (Å²) < 4.78 is 15.8. The third-order valence-electron chi connectivity index (χ3n) is 17.8. The Kier molecular flexibility index (Phi) is 10.8. The van der Waals surface area contributed by atoms with Gasteiger partial charge in [-0.1, -0.05) is 224 Å². The van der Waals surface area contributed by atoms with E-state index in [-0.39, 0.29) is 0 Å². The van der Waals surface area contributed by atoms with E-state index in [0.717, 1.165) is 125 Å². The molecule has 0 saturated carbocycles. The maximum atomic E-state index is 12.5. The molecule has 0 bridgehead atoms. The van der Waals surface area contributed by atoms with Crippen molar-refractivity contribution in [1.82, 2.24) is 9.13 Å². The Morgan fingerprint density at radius 2 is 0.851 bits per heavy atom. The number of nitriles is 1. The molecule has 0 spiro atoms. The molecule has 0 aliphatic rings. The monoisotopic (exact) mass is 1140 g/mol. The summed E-state index contributed by atoms with van der Waals surface area (Å²) in [6.07, 6.45) is 0. The average molecular weight is 1140 g/mol. The van der Waals surface area contributed by atoms with Crippen LogP contribution in [0, 0.1) is 17.9 Å². The Morgan fingerprint density at radius 3 is 1.44 bits per heavy atom. The van der Waals surface area contributed by atoms with Gasteiger partial charge in [0, 0.05) is 74.4 Å². The minimum atomic E-state index is 0.390. The number of hydrogen-bond acceptors (Lipinski definition) is 4. The Balaban J connectivity index is 1.06. The second-order valence-electron chi connectivity index (χ2n) is 22.3. The summed E-state index contributed by atoms with van der Waals surface area (Å²) in [6, 6.07) is 97.4. The summed E-state index contributed by atoms with van der Waals surface area (Å²) >= 11 is 3.61. The third kappa shape index (κ3) is 7.10. The SMILES string of the molecule is [C-]#[N+]c1c(-c2ccccc2)c(C#N)c(-n2c3c(ccc4c3sc3cccc(-c5ccccc5)c34)c3ccc4c(sc5cccc(-c6ccccc6)c54)c32)c(-c2ccccc2)c1-n1c2ccccc2c2cc(-c3cccc4oc5ccccc5c34)ccc21. The molecule has 0 N–H and O–H groups in total. The molecule has 5 heterocycles. The van der Waals surface area contributed by atoms with Crippen LogP contribution in [0.15, 0.2) is 271 Å². The van der Waals surface area contributed by atoms with Crippen molar-refractivity contribution in [2.45, 2.75) is 0 Å². The van der Waals surface area contributed by atoms with E-state index in [9.17, 15) is 11.8 Å². The van der Waals surface area contributed by atoms with E-state index < -0.39 is 0 Å². The normalized spacial score (nSPS) is 11.9. The van der Waals surface area contributed by atoms with E-state index in [4.69, 9.17) is 4.42 Å². The number of furan rings is 1. The van der Waals surface area contributed by atoms with Gasteiger partial charge in [-0.05, 0) is 87.0 Å². The molecule has 0 amide bonds. The molecule has 0 radical (unpaired) electrons. The van der Waals surface area contributed by atoms with Crippen molar-refractivity contribution in [3.05, 3.63) is 284 Å². The number of rotatable bonds is 7. The van der Waals surface area contributed by atoms with Crippen molar-refractivity contribution in [2.75, 3.05) is 0 Å². The number of para-hydroxylation sites is 2. The minimum Gasteiger partial charge on any atom is -0.456 e. The van der Waals surface area contributed by atoms with E-state index in [1.807, 2.05) is 42.5 Å². The minimum absolute atomic E-state index is 0.390. The van der Waals surface area contributed by atoms with E-state index >= 15 is 0 Å². The summed E-state index contributed by atoms with van der Waals surface area (Å²) in [5.74, 6) is 0. The molecule has 0 unspecified atom stereocenters. The predicted octanol–water partition coefficient (Wildman–Crippen LogP) is 23.3. The number of fused-ring (bicyclic) bond motifs is 17. The number of aromatic nitrogens is 2. The topological polar surface area (TPSA) is 51.1 Å². The van der Waals surface area contributed by atoms with Gasteiger partial charge in [0.2, 0.25) is 5.69 Å². The maximum Gasteiger partial charge on any atom is 0.220 e. The van der Waals surface area contributed by atoms with Gasteiger partial charge in [-0.3, -0.25) is 0 Å². The first-order valence-electron chi connectivity index (χ1n) is 29.1. The van der Waals surface area contributed by atoms with E-state index in [1.54, 1.807) is 22.7 Å². The predicted molar refractivity (Wildman–Crippen MR) is 366 cm³/mol. The fourth-order valence-electron chi connectivity index (χ4n) is 14.2. The van der Waals surface area contributed by atoms with Crippen LogP contribution in [0.5, 0.6) is 0 Å². The second-order valence-corrected chi connectivity index (χ2v) is 24.4. The molecule has 0 aliphatic heterocycles. The van der Waals surface area contributed by atoms with E-state index in [2.05, 4.69) is 245 Å². The highest BCUT2D eigenvalue weighted by atomic mass is 32.1. The van der Waals surface area contributed by atoms with Gasteiger partial charge in [-0.2, -0.15) is 5.26 Å². The van der Waals surface area contributed by atoms with E-state index in [0.29, 0.717) is 28.2 Å². The van der Waals surface area contributed by atoms with Crippen molar-refractivity contribution in [3.63, 3.8) is 0 Å². The zero-order valence-electron chi connectivity index (χ0n) is 46.4. The second kappa shape index (κ2) is 19.1. The van der Waals surface area contributed by atoms with Gasteiger partial charge in [-0.15, -0.1) is 22.7 Å². The zero-order chi connectivity index (χ0) is 57.4. The van der Waals surface area contributed by atoms with Crippen molar-refractivity contribution < 1.29 is 4.42 Å². The first kappa shape index (κ1) is 49.1. The van der Waals surface area contributed by atoms with Gasteiger partial charge in [-0.25, -0.2) is 4.85 Å². The molecule has 87 heavy (non-hydrogen) atoms. The summed E-state index contributed by atoms with van der Waals surface area (Å²) in [5, 5.41) is 23.6. The molecule has 5 aromatic heterocycles. The number of hydrogen-bond donors (Lipinski definition) is 0. The van der Waals surface area contributed by atoms with Crippen LogP contribution in [-0.4, -0.2) is 9.13 Å². The van der Waals surface area contributed by atoms with Gasteiger partial charge in [0.1, 0.15) is 17.2 Å². The smallest absolute Gasteiger partial charge is 0.220 e. The first-order chi connectivity index (χ1) is 43.1. The third-order valence-corrected chi connectivity index (χ3v) is 20.1. The number of thiophene rings is 2. The number of benzene rings is 13. The van der Waals surface area contributed by atoms with Crippen LogP contribution in [0.1, 0.15) is 5.56 Å². The lowest BCUT2D eigenvalue weighted by atomic mass is 9.88. The lowest BCUT2D eigenvalue weighted by Gasteiger charge is -2.26. The Morgan fingerprint density at radius 1 is 0.368 bits per heavy atom. The van der Waals surface area contributed by atoms with E-state index in [1.165, 1.54) is 31.3 Å². The molecule has 18 aromatic rings. The molecule has 7 heteroatoms. The number of nitrogens with zero attached hydrogens (tertiary/aromatic N) is 4. The molecule has 0 fully saturated rings. The standard InChI is InChI=1S/C80H44N4OS2/c1-82-74-69(49-25-10-4-11-26-49)62(46-81)75(70(50-27-12-5-13-28-50)78(74)83-63-34-16-14-29-55(63)61-45-51(39-44-64(61)83)54-31-18-36-66-71(54)58-30-15-17-35-65(58)85-66)84-76-56(40-42-59-72-52(47-21-6-2-7-22-47)32-19-37-67(72)86-79(59)76)57-41-43-60-73-53(48-23-8-3-9-24-48)33-20-38-68(73)87-80(60)77(57)84/h2-45H. The highest BCUT2D eigenvalue weighted by Crippen LogP contribution is 2.56. The Labute approximate surface area is 506 Å². The fourth-order valence-corrected chi connectivity index (χ4v) is 16.7. The van der Waals surface area contributed by atoms with Crippen LogP contribution < -0.4 is 0 Å². The van der Waals surface area contributed by atoms with Gasteiger partial charge in [0.05, 0.1) is 55.0 Å². The van der Waals surface area contributed by atoms with Crippen molar-refractivity contribution in [2.24, 2.45) is 0 Å². The molecule has 0 saturated heterocycles. The average Bonchev–Trinajstić information content (AvgIpc) is 1.80. The maximum absolute atomic E-state index is 12.5. The molecule has 0 atom stereocenters. The van der Waals surface area contributed by atoms with Gasteiger partial charge < -0.3 is 13.6 Å².